The molecule has 0 aliphatic carbocycles. The minimum Gasteiger partial charge on any atom is -0.497 e. The number of aryl methyl sites for hydroxylation is 1. The number of hydrogen-bond donors (Lipinski definition) is 1. The maximum atomic E-state index is 13.5. The van der Waals surface area contributed by atoms with Crippen LogP contribution in [0.15, 0.2) is 83.0 Å². The van der Waals surface area contributed by atoms with E-state index in [9.17, 15) is 4.79 Å². The number of allylic oxidation sites excluding steroid dienone is 1. The lowest BCUT2D eigenvalue weighted by Crippen LogP contribution is -2.46. The summed E-state index contributed by atoms with van der Waals surface area (Å²) in [5.41, 5.74) is 5.00. The molecule has 1 aliphatic heterocycles. The minimum absolute atomic E-state index is 0.231. The topological polar surface area (TPSA) is 89.7 Å². The summed E-state index contributed by atoms with van der Waals surface area (Å²) in [5.74, 6) is 2.25. The van der Waals surface area contributed by atoms with Gasteiger partial charge in [-0.3, -0.25) is 4.90 Å². The molecule has 0 spiro atoms. The highest BCUT2D eigenvalue weighted by Crippen LogP contribution is 2.39. The molecule has 3 aromatic carbocycles. The van der Waals surface area contributed by atoms with Crippen molar-refractivity contribution in [1.82, 2.24) is 15.5 Å². The Kier molecular flexibility index (Phi) is 6.64. The molecular weight excluding hydrogens is 468 g/mol. The lowest BCUT2D eigenvalue weighted by Gasteiger charge is -2.35. The molecule has 1 atom stereocenters. The Morgan fingerprint density at radius 1 is 0.973 bits per heavy atom. The van der Waals surface area contributed by atoms with Crippen LogP contribution in [0.2, 0.25) is 0 Å². The van der Waals surface area contributed by atoms with E-state index >= 15 is 0 Å². The Balaban J connectivity index is 1.62. The maximum absolute atomic E-state index is 13.5. The molecule has 4 aromatic rings. The number of benzene rings is 3. The van der Waals surface area contributed by atoms with Crippen LogP contribution < -0.4 is 19.7 Å². The van der Waals surface area contributed by atoms with Crippen LogP contribution in [0.5, 0.6) is 11.5 Å². The Morgan fingerprint density at radius 2 is 1.65 bits per heavy atom. The second-order valence-electron chi connectivity index (χ2n) is 8.67. The third-order valence-electron chi connectivity index (χ3n) is 6.52. The van der Waals surface area contributed by atoms with E-state index < -0.39 is 6.04 Å². The molecule has 2 heterocycles. The molecule has 0 radical (unpaired) electrons. The number of anilines is 1. The zero-order chi connectivity index (χ0) is 25.9. The van der Waals surface area contributed by atoms with Crippen LogP contribution in [0, 0.1) is 0 Å². The Bertz CT molecular complexity index is 1440. The summed E-state index contributed by atoms with van der Waals surface area (Å²) >= 11 is 0. The van der Waals surface area contributed by atoms with Crippen LogP contribution in [0.4, 0.5) is 10.5 Å². The van der Waals surface area contributed by atoms with E-state index in [2.05, 4.69) is 17.4 Å². The lowest BCUT2D eigenvalue weighted by molar-refractivity contribution is 0.244. The largest absolute Gasteiger partial charge is 0.497 e. The van der Waals surface area contributed by atoms with E-state index in [1.54, 1.807) is 19.1 Å². The fourth-order valence-electron chi connectivity index (χ4n) is 4.48. The highest BCUT2D eigenvalue weighted by molar-refractivity contribution is 6.01. The first-order chi connectivity index (χ1) is 18.0. The van der Waals surface area contributed by atoms with Gasteiger partial charge in [0.15, 0.2) is 0 Å². The number of carbonyl (C=O) groups is 1. The van der Waals surface area contributed by atoms with Crippen molar-refractivity contribution in [2.24, 2.45) is 0 Å². The van der Waals surface area contributed by atoms with E-state index in [0.29, 0.717) is 17.4 Å². The number of amides is 2. The number of urea groups is 1. The average molecular weight is 497 g/mol. The number of rotatable bonds is 7. The molecule has 1 unspecified atom stereocenters. The second-order valence-corrected chi connectivity index (χ2v) is 8.67. The van der Waals surface area contributed by atoms with Crippen LogP contribution in [-0.2, 0) is 6.42 Å². The SMILES string of the molecule is CCc1cccc(N2C(=O)NC(c3ccc(OC)cc3)C(c3nc(-c4ccc(OC)cc4)no3)=C2C)c1. The molecular formula is C29H28N4O4. The summed E-state index contributed by atoms with van der Waals surface area (Å²) < 4.78 is 16.4. The standard InChI is InChI=1S/C29H28N4O4/c1-5-19-7-6-8-22(17-19)33-18(2)25(26(30-29(33)34)20-9-13-23(35-3)14-10-20)28-31-27(32-37-28)21-11-15-24(36-4)16-12-21/h6-17,26H,5H2,1-4H3,(H,30,34). The monoisotopic (exact) mass is 496 g/mol. The Morgan fingerprint density at radius 3 is 2.30 bits per heavy atom. The smallest absolute Gasteiger partial charge is 0.326 e. The van der Waals surface area contributed by atoms with Gasteiger partial charge in [0.1, 0.15) is 11.5 Å². The normalized spacial score (nSPS) is 15.5. The fraction of sp³-hybridized carbons (Fsp3) is 0.207. The number of hydrogen-bond acceptors (Lipinski definition) is 6. The molecule has 0 bridgehead atoms. The van der Waals surface area contributed by atoms with Crippen molar-refractivity contribution in [3.8, 4) is 22.9 Å². The van der Waals surface area contributed by atoms with Gasteiger partial charge >= 0.3 is 6.03 Å². The Labute approximate surface area is 215 Å². The van der Waals surface area contributed by atoms with Gasteiger partial charge in [0.05, 0.1) is 31.5 Å². The van der Waals surface area contributed by atoms with Gasteiger partial charge in [-0.25, -0.2) is 4.79 Å². The molecule has 0 saturated heterocycles. The maximum Gasteiger partial charge on any atom is 0.326 e. The number of methoxy groups -OCH3 is 2. The summed E-state index contributed by atoms with van der Waals surface area (Å²) in [6.07, 6.45) is 0.863. The van der Waals surface area contributed by atoms with Gasteiger partial charge < -0.3 is 19.3 Å². The van der Waals surface area contributed by atoms with Crippen LogP contribution in [0.25, 0.3) is 17.0 Å². The average Bonchev–Trinajstić information content (AvgIpc) is 3.42. The van der Waals surface area contributed by atoms with Gasteiger partial charge in [-0.2, -0.15) is 4.98 Å². The van der Waals surface area contributed by atoms with Crippen molar-refractivity contribution >= 4 is 17.3 Å². The van der Waals surface area contributed by atoms with Gasteiger partial charge in [0.25, 0.3) is 5.89 Å². The van der Waals surface area contributed by atoms with Gasteiger partial charge in [-0.15, -0.1) is 0 Å². The predicted octanol–water partition coefficient (Wildman–Crippen LogP) is 6.02. The first-order valence-electron chi connectivity index (χ1n) is 12.0. The number of nitrogens with zero attached hydrogens (tertiary/aromatic N) is 3. The van der Waals surface area contributed by atoms with Crippen molar-refractivity contribution in [1.29, 1.82) is 0 Å². The molecule has 188 valence electrons. The fourth-order valence-corrected chi connectivity index (χ4v) is 4.48. The highest BCUT2D eigenvalue weighted by atomic mass is 16.5. The van der Waals surface area contributed by atoms with E-state index in [4.69, 9.17) is 19.0 Å². The van der Waals surface area contributed by atoms with Gasteiger partial charge in [0.2, 0.25) is 5.82 Å². The summed E-state index contributed by atoms with van der Waals surface area (Å²) in [5, 5.41) is 7.38. The molecule has 0 fully saturated rings. The zero-order valence-electron chi connectivity index (χ0n) is 21.2. The second kappa shape index (κ2) is 10.2. The summed E-state index contributed by atoms with van der Waals surface area (Å²) in [6, 6.07) is 22.2. The van der Waals surface area contributed by atoms with Crippen LogP contribution in [0.1, 0.15) is 36.9 Å². The third kappa shape index (κ3) is 4.65. The van der Waals surface area contributed by atoms with Crippen molar-refractivity contribution in [2.75, 3.05) is 19.1 Å². The van der Waals surface area contributed by atoms with Gasteiger partial charge in [-0.05, 0) is 73.0 Å². The van der Waals surface area contributed by atoms with Gasteiger partial charge in [0, 0.05) is 11.3 Å². The molecule has 1 N–H and O–H groups in total. The molecule has 1 aromatic heterocycles. The summed E-state index contributed by atoms with van der Waals surface area (Å²) in [6.45, 7) is 3.99. The lowest BCUT2D eigenvalue weighted by atomic mass is 9.94. The van der Waals surface area contributed by atoms with Crippen LogP contribution in [0.3, 0.4) is 0 Å². The number of nitrogens with one attached hydrogen (secondary N) is 1. The number of carbonyl (C=O) groups excluding carboxylic acids is 1. The molecule has 5 rings (SSSR count). The van der Waals surface area contributed by atoms with Crippen molar-refractivity contribution in [3.63, 3.8) is 0 Å². The Hall–Kier alpha value is -4.59. The predicted molar refractivity (Wildman–Crippen MR) is 141 cm³/mol. The van der Waals surface area contributed by atoms with Crippen molar-refractivity contribution < 1.29 is 18.8 Å². The van der Waals surface area contributed by atoms with Crippen molar-refractivity contribution in [2.45, 2.75) is 26.3 Å². The van der Waals surface area contributed by atoms with Crippen LogP contribution >= 0.6 is 0 Å². The first-order valence-corrected chi connectivity index (χ1v) is 12.0. The summed E-state index contributed by atoms with van der Waals surface area (Å²) in [7, 11) is 3.24. The first kappa shape index (κ1) is 24.1. The van der Waals surface area contributed by atoms with E-state index in [-0.39, 0.29) is 6.03 Å². The van der Waals surface area contributed by atoms with Crippen molar-refractivity contribution in [3.05, 3.63) is 95.5 Å². The van der Waals surface area contributed by atoms with E-state index in [1.807, 2.05) is 79.7 Å². The van der Waals surface area contributed by atoms with E-state index in [1.165, 1.54) is 0 Å². The van der Waals surface area contributed by atoms with Gasteiger partial charge in [-0.1, -0.05) is 36.3 Å². The number of ether oxygens (including phenoxy) is 2. The molecule has 8 nitrogen and oxygen atoms in total. The molecule has 0 saturated carbocycles. The minimum atomic E-state index is -0.492. The van der Waals surface area contributed by atoms with Crippen LogP contribution in [-0.4, -0.2) is 30.4 Å². The third-order valence-corrected chi connectivity index (χ3v) is 6.52. The molecule has 8 heteroatoms. The highest BCUT2D eigenvalue weighted by Gasteiger charge is 2.36. The number of aromatic nitrogens is 2. The quantitative estimate of drug-likeness (QED) is 0.337. The van der Waals surface area contributed by atoms with E-state index in [0.717, 1.165) is 45.9 Å². The molecule has 37 heavy (non-hydrogen) atoms. The summed E-state index contributed by atoms with van der Waals surface area (Å²) in [4.78, 5) is 19.8. The zero-order valence-corrected chi connectivity index (χ0v) is 21.2. The molecule has 2 amide bonds. The molecule has 1 aliphatic rings.